The van der Waals surface area contributed by atoms with Crippen LogP contribution in [0.3, 0.4) is 0 Å². The van der Waals surface area contributed by atoms with Gasteiger partial charge in [0.05, 0.1) is 11.4 Å². The van der Waals surface area contributed by atoms with Crippen molar-refractivity contribution in [3.8, 4) is 22.5 Å². The lowest BCUT2D eigenvalue weighted by Gasteiger charge is -2.17. The number of alkyl halides is 2. The number of aromatic nitrogens is 3. The van der Waals surface area contributed by atoms with E-state index in [-0.39, 0.29) is 17.6 Å². The first-order valence-corrected chi connectivity index (χ1v) is 9.47. The molecule has 0 saturated carbocycles. The fourth-order valence-corrected chi connectivity index (χ4v) is 3.73. The van der Waals surface area contributed by atoms with E-state index < -0.39 is 6.55 Å². The van der Waals surface area contributed by atoms with Gasteiger partial charge in [-0.05, 0) is 54.5 Å². The van der Waals surface area contributed by atoms with Crippen molar-refractivity contribution in [3.05, 3.63) is 72.8 Å². The molecule has 1 fully saturated rings. The first-order valence-electron chi connectivity index (χ1n) is 9.47. The van der Waals surface area contributed by atoms with Gasteiger partial charge in [0.25, 0.3) is 0 Å². The lowest BCUT2D eigenvalue weighted by Crippen LogP contribution is -2.26. The molecule has 8 heteroatoms. The van der Waals surface area contributed by atoms with E-state index in [9.17, 15) is 18.0 Å². The van der Waals surface area contributed by atoms with Crippen molar-refractivity contribution in [1.82, 2.24) is 19.7 Å². The summed E-state index contributed by atoms with van der Waals surface area (Å²) in [5.41, 5.74) is 3.18. The molecule has 3 aromatic rings. The smallest absolute Gasteiger partial charge is 0.333 e. The normalized spacial score (nSPS) is 16.3. The highest BCUT2D eigenvalue weighted by atomic mass is 19.3. The molecule has 0 N–H and O–H groups in total. The number of hydrogen-bond donors (Lipinski definition) is 0. The number of carbonyl (C=O) groups is 1. The van der Waals surface area contributed by atoms with Crippen LogP contribution in [0.5, 0.6) is 0 Å². The summed E-state index contributed by atoms with van der Waals surface area (Å²) >= 11 is 0. The number of amides is 1. The van der Waals surface area contributed by atoms with Gasteiger partial charge in [-0.15, -0.1) is 0 Å². The second kappa shape index (κ2) is 8.14. The summed E-state index contributed by atoms with van der Waals surface area (Å²) in [4.78, 5) is 18.2. The minimum absolute atomic E-state index is 0.00429. The summed E-state index contributed by atoms with van der Waals surface area (Å²) in [6.07, 6.45) is 4.93. The van der Waals surface area contributed by atoms with E-state index in [1.54, 1.807) is 29.3 Å². The average Bonchev–Trinajstić information content (AvgIpc) is 3.43. The molecular weight excluding hydrogens is 393 g/mol. The van der Waals surface area contributed by atoms with Crippen LogP contribution in [0.2, 0.25) is 0 Å². The number of likely N-dealkylation sites (tertiary alicyclic amines) is 1. The zero-order valence-electron chi connectivity index (χ0n) is 16.0. The SMILES string of the molecule is C=CC(=O)N1CC[C@@H](c2cnc(-c3ccc(F)cc3)cc2-c2ccn(C(F)F)n2)C1. The fourth-order valence-electron chi connectivity index (χ4n) is 3.73. The van der Waals surface area contributed by atoms with E-state index in [0.29, 0.717) is 40.3 Å². The quantitative estimate of drug-likeness (QED) is 0.574. The van der Waals surface area contributed by atoms with E-state index in [1.165, 1.54) is 30.5 Å². The van der Waals surface area contributed by atoms with Gasteiger partial charge in [-0.2, -0.15) is 13.9 Å². The Hall–Kier alpha value is -3.42. The predicted molar refractivity (Wildman–Crippen MR) is 106 cm³/mol. The summed E-state index contributed by atoms with van der Waals surface area (Å²) in [6, 6.07) is 9.20. The Kier molecular flexibility index (Phi) is 5.39. The summed E-state index contributed by atoms with van der Waals surface area (Å²) in [5, 5.41) is 4.01. The third-order valence-electron chi connectivity index (χ3n) is 5.27. The molecule has 0 spiro atoms. The van der Waals surface area contributed by atoms with Gasteiger partial charge in [0.15, 0.2) is 0 Å². The van der Waals surface area contributed by atoms with Gasteiger partial charge in [0.2, 0.25) is 5.91 Å². The summed E-state index contributed by atoms with van der Waals surface area (Å²) in [7, 11) is 0. The molecule has 3 heterocycles. The number of carbonyl (C=O) groups excluding carboxylic acids is 1. The molecule has 0 unspecified atom stereocenters. The Labute approximate surface area is 171 Å². The van der Waals surface area contributed by atoms with Gasteiger partial charge >= 0.3 is 6.55 Å². The van der Waals surface area contributed by atoms with Gasteiger partial charge in [-0.1, -0.05) is 6.58 Å². The van der Waals surface area contributed by atoms with Crippen LogP contribution < -0.4 is 0 Å². The van der Waals surface area contributed by atoms with E-state index in [1.807, 2.05) is 0 Å². The molecule has 154 valence electrons. The maximum absolute atomic E-state index is 13.3. The van der Waals surface area contributed by atoms with Crippen molar-refractivity contribution in [1.29, 1.82) is 0 Å². The topological polar surface area (TPSA) is 51.0 Å². The average molecular weight is 412 g/mol. The van der Waals surface area contributed by atoms with Crippen LogP contribution in [-0.4, -0.2) is 38.7 Å². The molecule has 4 rings (SSSR count). The molecule has 1 aliphatic heterocycles. The molecule has 1 atom stereocenters. The molecule has 1 aromatic carbocycles. The van der Waals surface area contributed by atoms with Crippen LogP contribution in [-0.2, 0) is 4.79 Å². The van der Waals surface area contributed by atoms with Crippen molar-refractivity contribution in [2.24, 2.45) is 0 Å². The fraction of sp³-hybridized carbons (Fsp3) is 0.227. The molecule has 1 aliphatic rings. The molecule has 2 aromatic heterocycles. The standard InChI is InChI=1S/C22H19F3N4O/c1-2-21(30)28-9-7-15(13-28)18-12-26-20(14-3-5-16(23)6-4-14)11-17(18)19-8-10-29(27-19)22(24)25/h2-6,8,10-12,15,22H,1,7,9,13H2/t15-/m1/s1. The van der Waals surface area contributed by atoms with E-state index in [4.69, 9.17) is 0 Å². The highest BCUT2D eigenvalue weighted by Crippen LogP contribution is 2.36. The summed E-state index contributed by atoms with van der Waals surface area (Å²) in [6.45, 7) is 1.86. The Balaban J connectivity index is 1.76. The second-order valence-corrected chi connectivity index (χ2v) is 7.10. The molecule has 0 aliphatic carbocycles. The molecule has 5 nitrogen and oxygen atoms in total. The predicted octanol–water partition coefficient (Wildman–Crippen LogP) is 4.65. The Bertz CT molecular complexity index is 1080. The lowest BCUT2D eigenvalue weighted by molar-refractivity contribution is -0.125. The van der Waals surface area contributed by atoms with Crippen molar-refractivity contribution < 1.29 is 18.0 Å². The Morgan fingerprint density at radius 1 is 1.20 bits per heavy atom. The van der Waals surface area contributed by atoms with Crippen molar-refractivity contribution in [2.75, 3.05) is 13.1 Å². The van der Waals surface area contributed by atoms with Crippen molar-refractivity contribution >= 4 is 5.91 Å². The number of hydrogen-bond acceptors (Lipinski definition) is 3. The third kappa shape index (κ3) is 3.85. The van der Waals surface area contributed by atoms with Crippen LogP contribution in [0.1, 0.15) is 24.5 Å². The van der Waals surface area contributed by atoms with Gasteiger partial charge in [-0.3, -0.25) is 9.78 Å². The first-order chi connectivity index (χ1) is 14.5. The highest BCUT2D eigenvalue weighted by molar-refractivity contribution is 5.87. The minimum Gasteiger partial charge on any atom is -0.339 e. The number of rotatable bonds is 5. The Morgan fingerprint density at radius 3 is 2.63 bits per heavy atom. The van der Waals surface area contributed by atoms with Crippen LogP contribution in [0.25, 0.3) is 22.5 Å². The van der Waals surface area contributed by atoms with Gasteiger partial charge < -0.3 is 4.90 Å². The zero-order chi connectivity index (χ0) is 21.3. The van der Waals surface area contributed by atoms with E-state index in [2.05, 4.69) is 16.7 Å². The molecule has 30 heavy (non-hydrogen) atoms. The van der Waals surface area contributed by atoms with E-state index in [0.717, 1.165) is 12.0 Å². The van der Waals surface area contributed by atoms with Gasteiger partial charge in [0, 0.05) is 42.5 Å². The lowest BCUT2D eigenvalue weighted by atomic mass is 9.92. The third-order valence-corrected chi connectivity index (χ3v) is 5.27. The van der Waals surface area contributed by atoms with E-state index >= 15 is 0 Å². The maximum atomic E-state index is 13.3. The largest absolute Gasteiger partial charge is 0.339 e. The monoisotopic (exact) mass is 412 g/mol. The van der Waals surface area contributed by atoms with Gasteiger partial charge in [0.1, 0.15) is 5.82 Å². The molecule has 1 saturated heterocycles. The Morgan fingerprint density at radius 2 is 1.97 bits per heavy atom. The van der Waals surface area contributed by atoms with Crippen LogP contribution >= 0.6 is 0 Å². The molecule has 1 amide bonds. The summed E-state index contributed by atoms with van der Waals surface area (Å²) in [5.74, 6) is -0.503. The molecule has 0 radical (unpaired) electrons. The van der Waals surface area contributed by atoms with Crippen molar-refractivity contribution in [3.63, 3.8) is 0 Å². The zero-order valence-corrected chi connectivity index (χ0v) is 16.0. The summed E-state index contributed by atoms with van der Waals surface area (Å²) < 4.78 is 40.0. The number of pyridine rings is 1. The molecule has 0 bridgehead atoms. The van der Waals surface area contributed by atoms with Crippen LogP contribution in [0.4, 0.5) is 13.2 Å². The number of halogens is 3. The number of benzene rings is 1. The first kappa shape index (κ1) is 19.9. The minimum atomic E-state index is -2.74. The molecular formula is C22H19F3N4O. The van der Waals surface area contributed by atoms with Crippen LogP contribution in [0, 0.1) is 5.82 Å². The van der Waals surface area contributed by atoms with Crippen LogP contribution in [0.15, 0.2) is 61.4 Å². The second-order valence-electron chi connectivity index (χ2n) is 7.10. The van der Waals surface area contributed by atoms with Gasteiger partial charge in [-0.25, -0.2) is 9.07 Å². The maximum Gasteiger partial charge on any atom is 0.333 e. The highest BCUT2D eigenvalue weighted by Gasteiger charge is 2.29. The van der Waals surface area contributed by atoms with Crippen molar-refractivity contribution in [2.45, 2.75) is 18.9 Å². The number of nitrogens with zero attached hydrogens (tertiary/aromatic N) is 4.